The molecule has 7 heteroatoms. The molecule has 1 atom stereocenters. The summed E-state index contributed by atoms with van der Waals surface area (Å²) in [7, 11) is 1.60. The van der Waals surface area contributed by atoms with E-state index in [4.69, 9.17) is 27.9 Å². The number of rotatable bonds is 7. The molecular weight excluding hydrogens is 425 g/mol. The van der Waals surface area contributed by atoms with Crippen molar-refractivity contribution >= 4 is 35.1 Å². The summed E-state index contributed by atoms with van der Waals surface area (Å²) >= 11 is 12.1. The standard InChI is InChI=1S/C23H19Cl2NO4/c1-30-20-11-3-2-8-16(20)15-7-4-6-14(12-15)13-19(23(28)29)26-22(27)21-17(24)9-5-10-18(21)25/h2-12,19H,13H2,1H3,(H,26,27)(H,28,29)/t19-/m0/s1. The molecule has 0 fully saturated rings. The number of benzene rings is 3. The number of methoxy groups -OCH3 is 1. The molecule has 0 bridgehead atoms. The molecule has 2 N–H and O–H groups in total. The molecule has 0 radical (unpaired) electrons. The van der Waals surface area contributed by atoms with Gasteiger partial charge in [-0.05, 0) is 29.3 Å². The molecule has 3 rings (SSSR count). The summed E-state index contributed by atoms with van der Waals surface area (Å²) < 4.78 is 5.41. The zero-order valence-electron chi connectivity index (χ0n) is 16.1. The van der Waals surface area contributed by atoms with E-state index in [0.717, 1.165) is 16.7 Å². The van der Waals surface area contributed by atoms with Crippen molar-refractivity contribution in [2.24, 2.45) is 0 Å². The number of carbonyl (C=O) groups excluding carboxylic acids is 1. The largest absolute Gasteiger partial charge is 0.496 e. The minimum atomic E-state index is -1.16. The highest BCUT2D eigenvalue weighted by Gasteiger charge is 2.24. The monoisotopic (exact) mass is 443 g/mol. The highest BCUT2D eigenvalue weighted by atomic mass is 35.5. The van der Waals surface area contributed by atoms with Gasteiger partial charge in [-0.25, -0.2) is 4.79 Å². The topological polar surface area (TPSA) is 75.6 Å². The highest BCUT2D eigenvalue weighted by molar-refractivity contribution is 6.39. The third-order valence-electron chi connectivity index (χ3n) is 4.58. The molecule has 0 spiro atoms. The molecule has 0 saturated heterocycles. The summed E-state index contributed by atoms with van der Waals surface area (Å²) in [4.78, 5) is 24.4. The van der Waals surface area contributed by atoms with Gasteiger partial charge in [-0.15, -0.1) is 0 Å². The van der Waals surface area contributed by atoms with E-state index in [0.29, 0.717) is 5.75 Å². The molecule has 30 heavy (non-hydrogen) atoms. The summed E-state index contributed by atoms with van der Waals surface area (Å²) in [5.74, 6) is -1.08. The van der Waals surface area contributed by atoms with Crippen LogP contribution in [0.25, 0.3) is 11.1 Å². The maximum atomic E-state index is 12.6. The average Bonchev–Trinajstić information content (AvgIpc) is 2.73. The zero-order valence-corrected chi connectivity index (χ0v) is 17.6. The second-order valence-electron chi connectivity index (χ2n) is 6.57. The van der Waals surface area contributed by atoms with Crippen LogP contribution in [0.4, 0.5) is 0 Å². The Bertz CT molecular complexity index is 1060. The molecule has 3 aromatic carbocycles. The number of nitrogens with one attached hydrogen (secondary N) is 1. The lowest BCUT2D eigenvalue weighted by Gasteiger charge is -2.17. The minimum Gasteiger partial charge on any atom is -0.496 e. The van der Waals surface area contributed by atoms with Crippen LogP contribution < -0.4 is 10.1 Å². The lowest BCUT2D eigenvalue weighted by molar-refractivity contribution is -0.139. The van der Waals surface area contributed by atoms with Crippen molar-refractivity contribution in [3.05, 3.63) is 87.9 Å². The molecule has 0 unspecified atom stereocenters. The van der Waals surface area contributed by atoms with Crippen LogP contribution in [0, 0.1) is 0 Å². The number of ether oxygens (including phenoxy) is 1. The van der Waals surface area contributed by atoms with Gasteiger partial charge in [-0.1, -0.05) is 71.7 Å². The molecule has 0 heterocycles. The molecule has 0 aliphatic rings. The maximum Gasteiger partial charge on any atom is 0.326 e. The van der Waals surface area contributed by atoms with Crippen molar-refractivity contribution in [1.29, 1.82) is 0 Å². The Morgan fingerprint density at radius 3 is 2.33 bits per heavy atom. The van der Waals surface area contributed by atoms with Gasteiger partial charge in [0.1, 0.15) is 11.8 Å². The van der Waals surface area contributed by atoms with Gasteiger partial charge in [0.05, 0.1) is 22.7 Å². The van der Waals surface area contributed by atoms with E-state index in [-0.39, 0.29) is 22.0 Å². The summed E-state index contributed by atoms with van der Waals surface area (Å²) in [6.07, 6.45) is 0.0894. The Balaban J connectivity index is 1.84. The van der Waals surface area contributed by atoms with Gasteiger partial charge >= 0.3 is 5.97 Å². The zero-order chi connectivity index (χ0) is 21.7. The predicted octanol–water partition coefficient (Wildman–Crippen LogP) is 5.09. The van der Waals surface area contributed by atoms with Crippen molar-refractivity contribution < 1.29 is 19.4 Å². The number of hydrogen-bond acceptors (Lipinski definition) is 3. The molecule has 1 amide bonds. The maximum absolute atomic E-state index is 12.6. The van der Waals surface area contributed by atoms with Gasteiger partial charge in [0.15, 0.2) is 0 Å². The van der Waals surface area contributed by atoms with E-state index in [2.05, 4.69) is 5.32 Å². The second-order valence-corrected chi connectivity index (χ2v) is 7.38. The van der Waals surface area contributed by atoms with Crippen LogP contribution in [0.2, 0.25) is 10.0 Å². The van der Waals surface area contributed by atoms with Crippen LogP contribution in [0.3, 0.4) is 0 Å². The molecule has 0 aliphatic carbocycles. The Morgan fingerprint density at radius 1 is 1.00 bits per heavy atom. The van der Waals surface area contributed by atoms with E-state index in [9.17, 15) is 14.7 Å². The number of carboxylic acid groups (broad SMARTS) is 1. The Hall–Kier alpha value is -3.02. The molecule has 0 aliphatic heterocycles. The van der Waals surface area contributed by atoms with Crippen LogP contribution in [-0.2, 0) is 11.2 Å². The van der Waals surface area contributed by atoms with Crippen molar-refractivity contribution in [2.45, 2.75) is 12.5 Å². The average molecular weight is 444 g/mol. The number of halogens is 2. The minimum absolute atomic E-state index is 0.0508. The second kappa shape index (κ2) is 9.65. The quantitative estimate of drug-likeness (QED) is 0.532. The third-order valence-corrected chi connectivity index (χ3v) is 5.21. The number of hydrogen-bond donors (Lipinski definition) is 2. The molecule has 5 nitrogen and oxygen atoms in total. The first kappa shape index (κ1) is 21.7. The van der Waals surface area contributed by atoms with Crippen molar-refractivity contribution in [2.75, 3.05) is 7.11 Å². The van der Waals surface area contributed by atoms with E-state index >= 15 is 0 Å². The fourth-order valence-electron chi connectivity index (χ4n) is 3.13. The molecule has 3 aromatic rings. The van der Waals surface area contributed by atoms with Crippen molar-refractivity contribution in [1.82, 2.24) is 5.32 Å². The Labute approximate surface area is 184 Å². The first-order valence-electron chi connectivity index (χ1n) is 9.10. The SMILES string of the molecule is COc1ccccc1-c1cccc(C[C@H](NC(=O)c2c(Cl)cccc2Cl)C(=O)O)c1. The highest BCUT2D eigenvalue weighted by Crippen LogP contribution is 2.30. The number of amides is 1. The molecule has 0 aromatic heterocycles. The summed E-state index contributed by atoms with van der Waals surface area (Å²) in [6, 6.07) is 18.5. The lowest BCUT2D eigenvalue weighted by atomic mass is 9.98. The molecular formula is C23H19Cl2NO4. The van der Waals surface area contributed by atoms with E-state index in [1.54, 1.807) is 13.2 Å². The van der Waals surface area contributed by atoms with Crippen LogP contribution in [-0.4, -0.2) is 30.1 Å². The van der Waals surface area contributed by atoms with Crippen molar-refractivity contribution in [3.8, 4) is 16.9 Å². The fourth-order valence-corrected chi connectivity index (χ4v) is 3.70. The smallest absolute Gasteiger partial charge is 0.326 e. The van der Waals surface area contributed by atoms with Gasteiger partial charge in [0, 0.05) is 12.0 Å². The lowest BCUT2D eigenvalue weighted by Crippen LogP contribution is -2.42. The first-order valence-corrected chi connectivity index (χ1v) is 9.86. The van der Waals surface area contributed by atoms with E-state index in [1.165, 1.54) is 12.1 Å². The van der Waals surface area contributed by atoms with Crippen LogP contribution in [0.1, 0.15) is 15.9 Å². The van der Waals surface area contributed by atoms with Crippen LogP contribution >= 0.6 is 23.2 Å². The summed E-state index contributed by atoms with van der Waals surface area (Å²) in [5.41, 5.74) is 2.57. The Kier molecular flexibility index (Phi) is 6.98. The number of aliphatic carboxylic acids is 1. The van der Waals surface area contributed by atoms with Crippen molar-refractivity contribution in [3.63, 3.8) is 0 Å². The Morgan fingerprint density at radius 2 is 1.67 bits per heavy atom. The summed E-state index contributed by atoms with van der Waals surface area (Å²) in [6.45, 7) is 0. The first-order chi connectivity index (χ1) is 14.4. The van der Waals surface area contributed by atoms with Gasteiger partial charge < -0.3 is 15.2 Å². The predicted molar refractivity (Wildman–Crippen MR) is 117 cm³/mol. The molecule has 0 saturated carbocycles. The van der Waals surface area contributed by atoms with Gasteiger partial charge in [0.25, 0.3) is 5.91 Å². The number of para-hydroxylation sites is 1. The fraction of sp³-hybridized carbons (Fsp3) is 0.130. The van der Waals surface area contributed by atoms with E-state index in [1.807, 2.05) is 48.5 Å². The third kappa shape index (κ3) is 4.93. The van der Waals surface area contributed by atoms with Crippen LogP contribution in [0.5, 0.6) is 5.75 Å². The van der Waals surface area contributed by atoms with Gasteiger partial charge in [-0.3, -0.25) is 4.79 Å². The van der Waals surface area contributed by atoms with Gasteiger partial charge in [0.2, 0.25) is 0 Å². The number of carbonyl (C=O) groups is 2. The van der Waals surface area contributed by atoms with Crippen LogP contribution in [0.15, 0.2) is 66.7 Å². The van der Waals surface area contributed by atoms with Gasteiger partial charge in [-0.2, -0.15) is 0 Å². The van der Waals surface area contributed by atoms with E-state index < -0.39 is 17.9 Å². The molecule has 154 valence electrons. The number of carboxylic acids is 1. The summed E-state index contributed by atoms with van der Waals surface area (Å²) in [5, 5.41) is 12.5. The normalized spacial score (nSPS) is 11.6.